The summed E-state index contributed by atoms with van der Waals surface area (Å²) in [6.07, 6.45) is 0.824. The number of rotatable bonds is 8. The molecule has 1 heterocycles. The summed E-state index contributed by atoms with van der Waals surface area (Å²) in [5, 5.41) is 12.2. The first-order valence-electron chi connectivity index (χ1n) is 8.90. The lowest BCUT2D eigenvalue weighted by Gasteiger charge is -2.36. The van der Waals surface area contributed by atoms with Crippen LogP contribution in [0.1, 0.15) is 12.8 Å². The highest BCUT2D eigenvalue weighted by Crippen LogP contribution is 2.25. The smallest absolute Gasteiger partial charge is 0.317 e. The molecule has 26 heavy (non-hydrogen) atoms. The van der Waals surface area contributed by atoms with Crippen molar-refractivity contribution in [3.63, 3.8) is 0 Å². The van der Waals surface area contributed by atoms with Gasteiger partial charge in [-0.25, -0.2) is 4.79 Å². The number of hydrogen-bond donors (Lipinski definition) is 2. The van der Waals surface area contributed by atoms with Crippen molar-refractivity contribution in [3.05, 3.63) is 29.3 Å². The van der Waals surface area contributed by atoms with E-state index in [2.05, 4.69) is 15.1 Å². The summed E-state index contributed by atoms with van der Waals surface area (Å²) in [4.78, 5) is 28.4. The monoisotopic (exact) mass is 382 g/mol. The molecule has 0 atom stereocenters. The number of urea groups is 1. The number of aliphatic carboxylic acids is 1. The SMILES string of the molecule is CN(CCC(=O)O)C(=O)NCCCN1CCN(c2ccccc2Cl)CC1. The quantitative estimate of drug-likeness (QED) is 0.672. The Balaban J connectivity index is 1.61. The minimum absolute atomic E-state index is 0.0420. The second-order valence-electron chi connectivity index (χ2n) is 6.43. The van der Waals surface area contributed by atoms with E-state index in [1.807, 2.05) is 24.3 Å². The first kappa shape index (κ1) is 20.3. The number of carbonyl (C=O) groups excluding carboxylic acids is 1. The minimum atomic E-state index is -0.902. The van der Waals surface area contributed by atoms with Crippen molar-refractivity contribution in [2.24, 2.45) is 0 Å². The normalized spacial score (nSPS) is 14.9. The molecule has 8 heteroatoms. The van der Waals surface area contributed by atoms with Crippen LogP contribution >= 0.6 is 11.6 Å². The van der Waals surface area contributed by atoms with Gasteiger partial charge in [0.25, 0.3) is 0 Å². The Kier molecular flexibility index (Phi) is 8.00. The summed E-state index contributed by atoms with van der Waals surface area (Å²) in [6, 6.07) is 7.68. The van der Waals surface area contributed by atoms with E-state index in [0.29, 0.717) is 6.54 Å². The van der Waals surface area contributed by atoms with Crippen molar-refractivity contribution in [2.75, 3.05) is 57.8 Å². The molecule has 0 bridgehead atoms. The van der Waals surface area contributed by atoms with Crippen LogP contribution in [-0.4, -0.2) is 79.8 Å². The molecule has 0 unspecified atom stereocenters. The number of nitrogens with zero attached hydrogens (tertiary/aromatic N) is 3. The van der Waals surface area contributed by atoms with Gasteiger partial charge in [0.1, 0.15) is 0 Å². The molecule has 1 aliphatic heterocycles. The van der Waals surface area contributed by atoms with Crippen LogP contribution in [-0.2, 0) is 4.79 Å². The molecule has 1 aliphatic rings. The maximum Gasteiger partial charge on any atom is 0.317 e. The number of benzene rings is 1. The first-order valence-corrected chi connectivity index (χ1v) is 9.28. The third-order valence-electron chi connectivity index (χ3n) is 4.50. The third-order valence-corrected chi connectivity index (χ3v) is 4.82. The van der Waals surface area contributed by atoms with Gasteiger partial charge in [-0.3, -0.25) is 9.69 Å². The molecule has 1 saturated heterocycles. The maximum atomic E-state index is 11.8. The van der Waals surface area contributed by atoms with Crippen LogP contribution in [0.15, 0.2) is 24.3 Å². The van der Waals surface area contributed by atoms with Crippen molar-refractivity contribution in [3.8, 4) is 0 Å². The van der Waals surface area contributed by atoms with E-state index < -0.39 is 5.97 Å². The van der Waals surface area contributed by atoms with Crippen LogP contribution in [0.2, 0.25) is 5.02 Å². The van der Waals surface area contributed by atoms with E-state index >= 15 is 0 Å². The number of amides is 2. The molecule has 0 radical (unpaired) electrons. The van der Waals surface area contributed by atoms with Crippen LogP contribution in [0.4, 0.5) is 10.5 Å². The summed E-state index contributed by atoms with van der Waals surface area (Å²) >= 11 is 6.26. The third kappa shape index (κ3) is 6.38. The lowest BCUT2D eigenvalue weighted by atomic mass is 10.2. The van der Waals surface area contributed by atoms with E-state index in [4.69, 9.17) is 16.7 Å². The lowest BCUT2D eigenvalue weighted by molar-refractivity contribution is -0.137. The number of nitrogens with one attached hydrogen (secondary N) is 1. The molecule has 2 amide bonds. The fourth-order valence-corrected chi connectivity index (χ4v) is 3.17. The topological polar surface area (TPSA) is 76.1 Å². The number of anilines is 1. The molecule has 144 valence electrons. The Morgan fingerprint density at radius 3 is 2.58 bits per heavy atom. The standard InChI is InChI=1S/C18H27ClN4O3/c1-21(10-7-17(24)25)18(26)20-8-4-9-22-11-13-23(14-12-22)16-6-3-2-5-15(16)19/h2-3,5-6H,4,7-14H2,1H3,(H,20,26)(H,24,25). The van der Waals surface area contributed by atoms with E-state index in [0.717, 1.165) is 49.9 Å². The predicted molar refractivity (Wildman–Crippen MR) is 103 cm³/mol. The van der Waals surface area contributed by atoms with Gasteiger partial charge in [-0.2, -0.15) is 0 Å². The average Bonchev–Trinajstić information content (AvgIpc) is 2.64. The summed E-state index contributed by atoms with van der Waals surface area (Å²) < 4.78 is 0. The highest BCUT2D eigenvalue weighted by molar-refractivity contribution is 6.33. The lowest BCUT2D eigenvalue weighted by Crippen LogP contribution is -2.47. The Labute approximate surface area is 159 Å². The molecule has 1 aromatic carbocycles. The minimum Gasteiger partial charge on any atom is -0.481 e. The van der Waals surface area contributed by atoms with Crippen LogP contribution < -0.4 is 10.2 Å². The Hall–Kier alpha value is -1.99. The molecular formula is C18H27ClN4O3. The highest BCUT2D eigenvalue weighted by atomic mass is 35.5. The van der Waals surface area contributed by atoms with Crippen LogP contribution in [0.3, 0.4) is 0 Å². The zero-order valence-corrected chi connectivity index (χ0v) is 15.9. The second-order valence-corrected chi connectivity index (χ2v) is 6.84. The van der Waals surface area contributed by atoms with Crippen molar-refractivity contribution in [1.29, 1.82) is 0 Å². The van der Waals surface area contributed by atoms with E-state index in [1.54, 1.807) is 7.05 Å². The molecule has 0 aliphatic carbocycles. The van der Waals surface area contributed by atoms with Crippen molar-refractivity contribution in [2.45, 2.75) is 12.8 Å². The largest absolute Gasteiger partial charge is 0.481 e. The number of piperazine rings is 1. The molecule has 0 spiro atoms. The highest BCUT2D eigenvalue weighted by Gasteiger charge is 2.18. The number of para-hydroxylation sites is 1. The van der Waals surface area contributed by atoms with Gasteiger partial charge in [-0.05, 0) is 25.1 Å². The molecule has 1 fully saturated rings. The van der Waals surface area contributed by atoms with Crippen LogP contribution in [0.5, 0.6) is 0 Å². The number of halogens is 1. The van der Waals surface area contributed by atoms with E-state index in [1.165, 1.54) is 4.90 Å². The summed E-state index contributed by atoms with van der Waals surface area (Å²) in [7, 11) is 1.60. The molecule has 0 saturated carbocycles. The van der Waals surface area contributed by atoms with Gasteiger partial charge < -0.3 is 20.2 Å². The number of hydrogen-bond acceptors (Lipinski definition) is 4. The summed E-state index contributed by atoms with van der Waals surface area (Å²) in [5.41, 5.74) is 1.09. The van der Waals surface area contributed by atoms with Gasteiger partial charge in [-0.1, -0.05) is 23.7 Å². The van der Waals surface area contributed by atoms with E-state index in [-0.39, 0.29) is 19.0 Å². The molecule has 7 nitrogen and oxygen atoms in total. The number of carbonyl (C=O) groups is 2. The van der Waals surface area contributed by atoms with Gasteiger partial charge in [-0.15, -0.1) is 0 Å². The second kappa shape index (κ2) is 10.2. The Morgan fingerprint density at radius 1 is 1.23 bits per heavy atom. The predicted octanol–water partition coefficient (Wildman–Crippen LogP) is 1.97. The fourth-order valence-electron chi connectivity index (χ4n) is 2.92. The maximum absolute atomic E-state index is 11.8. The van der Waals surface area contributed by atoms with Crippen LogP contribution in [0, 0.1) is 0 Å². The summed E-state index contributed by atoms with van der Waals surface area (Å²) in [5.74, 6) is -0.902. The van der Waals surface area contributed by atoms with Gasteiger partial charge in [0.2, 0.25) is 0 Å². The molecular weight excluding hydrogens is 356 g/mol. The molecule has 1 aromatic rings. The first-order chi connectivity index (χ1) is 12.5. The van der Waals surface area contributed by atoms with Gasteiger partial charge >= 0.3 is 12.0 Å². The zero-order chi connectivity index (χ0) is 18.9. The Bertz CT molecular complexity index is 606. The fraction of sp³-hybridized carbons (Fsp3) is 0.556. The Morgan fingerprint density at radius 2 is 1.92 bits per heavy atom. The van der Waals surface area contributed by atoms with Crippen LogP contribution in [0.25, 0.3) is 0 Å². The van der Waals surface area contributed by atoms with Crippen molar-refractivity contribution in [1.82, 2.24) is 15.1 Å². The summed E-state index contributed by atoms with van der Waals surface area (Å²) in [6.45, 7) is 5.54. The molecule has 2 N–H and O–H groups in total. The number of carboxylic acid groups (broad SMARTS) is 1. The molecule has 0 aromatic heterocycles. The van der Waals surface area contributed by atoms with Gasteiger partial charge in [0.15, 0.2) is 0 Å². The van der Waals surface area contributed by atoms with Gasteiger partial charge in [0, 0.05) is 46.3 Å². The van der Waals surface area contributed by atoms with E-state index in [9.17, 15) is 9.59 Å². The van der Waals surface area contributed by atoms with Crippen molar-refractivity contribution >= 4 is 29.3 Å². The van der Waals surface area contributed by atoms with Gasteiger partial charge in [0.05, 0.1) is 17.1 Å². The van der Waals surface area contributed by atoms with Crippen molar-refractivity contribution < 1.29 is 14.7 Å². The number of carboxylic acids is 1. The average molecular weight is 383 g/mol. The zero-order valence-electron chi connectivity index (χ0n) is 15.2. The molecule has 2 rings (SSSR count).